The molecule has 1 aromatic heterocycles. The first-order valence-corrected chi connectivity index (χ1v) is 4.03. The van der Waals surface area contributed by atoms with Crippen molar-refractivity contribution < 1.29 is 4.74 Å². The Morgan fingerprint density at radius 2 is 2.25 bits per heavy atom. The van der Waals surface area contributed by atoms with Crippen LogP contribution in [-0.4, -0.2) is 16.6 Å². The van der Waals surface area contributed by atoms with Gasteiger partial charge in [-0.3, -0.25) is 0 Å². The van der Waals surface area contributed by atoms with E-state index in [1.54, 1.807) is 0 Å². The lowest BCUT2D eigenvalue weighted by molar-refractivity contribution is 0.107. The van der Waals surface area contributed by atoms with E-state index in [0.717, 1.165) is 17.7 Å². The quantitative estimate of drug-likeness (QED) is 0.607. The van der Waals surface area contributed by atoms with E-state index in [0.29, 0.717) is 19.0 Å². The fourth-order valence-electron chi connectivity index (χ4n) is 1.25. The minimum Gasteiger partial charge on any atom is -0.383 e. The normalized spacial score (nSPS) is 15.8. The summed E-state index contributed by atoms with van der Waals surface area (Å²) in [5.41, 5.74) is 7.45. The van der Waals surface area contributed by atoms with Crippen LogP contribution >= 0.6 is 11.6 Å². The van der Waals surface area contributed by atoms with Gasteiger partial charge in [0.15, 0.2) is 0 Å². The van der Waals surface area contributed by atoms with Gasteiger partial charge in [0.1, 0.15) is 5.82 Å². The Morgan fingerprint density at radius 1 is 1.42 bits per heavy atom. The van der Waals surface area contributed by atoms with Crippen LogP contribution in [0, 0.1) is 0 Å². The van der Waals surface area contributed by atoms with Gasteiger partial charge in [-0.25, -0.2) is 9.97 Å². The first-order valence-electron chi connectivity index (χ1n) is 3.66. The molecule has 2 N–H and O–H groups in total. The number of rotatable bonds is 0. The third kappa shape index (κ3) is 1.23. The first-order chi connectivity index (χ1) is 5.77. The summed E-state index contributed by atoms with van der Waals surface area (Å²) in [5.74, 6) is 0.480. The number of fused-ring (bicyclic) bond motifs is 1. The SMILES string of the molecule is Nc1nc(Cl)nc2c1CCOC2. The summed E-state index contributed by atoms with van der Waals surface area (Å²) in [6, 6.07) is 0. The average Bonchev–Trinajstić information content (AvgIpc) is 2.04. The molecule has 5 heteroatoms. The van der Waals surface area contributed by atoms with Crippen molar-refractivity contribution >= 4 is 17.4 Å². The van der Waals surface area contributed by atoms with Gasteiger partial charge in [0.2, 0.25) is 5.28 Å². The van der Waals surface area contributed by atoms with E-state index in [9.17, 15) is 0 Å². The minimum absolute atomic E-state index is 0.191. The number of hydrogen-bond acceptors (Lipinski definition) is 4. The Hall–Kier alpha value is -0.870. The highest BCUT2D eigenvalue weighted by Gasteiger charge is 2.15. The van der Waals surface area contributed by atoms with Crippen LogP contribution in [0.3, 0.4) is 0 Å². The number of ether oxygens (including phenoxy) is 1. The molecule has 0 unspecified atom stereocenters. The van der Waals surface area contributed by atoms with E-state index in [1.807, 2.05) is 0 Å². The lowest BCUT2D eigenvalue weighted by Crippen LogP contribution is -2.15. The fourth-order valence-corrected chi connectivity index (χ4v) is 1.45. The molecule has 64 valence electrons. The second kappa shape index (κ2) is 2.88. The van der Waals surface area contributed by atoms with Crippen LogP contribution in [0.5, 0.6) is 0 Å². The Labute approximate surface area is 74.7 Å². The van der Waals surface area contributed by atoms with E-state index in [2.05, 4.69) is 9.97 Å². The predicted octanol–water partition coefficient (Wildman–Crippen LogP) is 0.785. The van der Waals surface area contributed by atoms with E-state index in [1.165, 1.54) is 0 Å². The summed E-state index contributed by atoms with van der Waals surface area (Å²) in [6.07, 6.45) is 0.776. The predicted molar refractivity (Wildman–Crippen MR) is 44.8 cm³/mol. The van der Waals surface area contributed by atoms with Gasteiger partial charge < -0.3 is 10.5 Å². The van der Waals surface area contributed by atoms with Crippen molar-refractivity contribution in [1.29, 1.82) is 0 Å². The van der Waals surface area contributed by atoms with E-state index in [-0.39, 0.29) is 5.28 Å². The van der Waals surface area contributed by atoms with Crippen molar-refractivity contribution in [2.75, 3.05) is 12.3 Å². The maximum atomic E-state index is 5.65. The van der Waals surface area contributed by atoms with Crippen LogP contribution in [0.4, 0.5) is 5.82 Å². The Balaban J connectivity index is 2.53. The summed E-state index contributed by atoms with van der Waals surface area (Å²) in [7, 11) is 0. The van der Waals surface area contributed by atoms with Crippen LogP contribution in [0.15, 0.2) is 0 Å². The molecule has 0 fully saturated rings. The van der Waals surface area contributed by atoms with Crippen LogP contribution in [0.2, 0.25) is 5.28 Å². The zero-order chi connectivity index (χ0) is 8.55. The molecule has 1 aromatic rings. The summed E-state index contributed by atoms with van der Waals surface area (Å²) < 4.78 is 5.20. The molecule has 0 atom stereocenters. The number of nitrogens with two attached hydrogens (primary N) is 1. The molecule has 1 aliphatic rings. The third-order valence-electron chi connectivity index (χ3n) is 1.83. The van der Waals surface area contributed by atoms with Crippen molar-refractivity contribution in [2.45, 2.75) is 13.0 Å². The monoisotopic (exact) mass is 185 g/mol. The van der Waals surface area contributed by atoms with Gasteiger partial charge in [-0.15, -0.1) is 0 Å². The number of nitrogens with zero attached hydrogens (tertiary/aromatic N) is 2. The second-order valence-corrected chi connectivity index (χ2v) is 2.94. The highest BCUT2D eigenvalue weighted by Crippen LogP contribution is 2.20. The van der Waals surface area contributed by atoms with Crippen molar-refractivity contribution in [3.8, 4) is 0 Å². The smallest absolute Gasteiger partial charge is 0.224 e. The number of aromatic nitrogens is 2. The Kier molecular flexibility index (Phi) is 1.86. The molecular weight excluding hydrogens is 178 g/mol. The third-order valence-corrected chi connectivity index (χ3v) is 2.00. The van der Waals surface area contributed by atoms with Crippen molar-refractivity contribution in [3.63, 3.8) is 0 Å². The molecule has 0 spiro atoms. The highest BCUT2D eigenvalue weighted by atomic mass is 35.5. The van der Waals surface area contributed by atoms with Crippen LogP contribution in [0.25, 0.3) is 0 Å². The number of nitrogen functional groups attached to an aromatic ring is 1. The molecule has 0 saturated heterocycles. The van der Waals surface area contributed by atoms with E-state index < -0.39 is 0 Å². The standard InChI is InChI=1S/C7H8ClN3O/c8-7-10-5-3-12-2-1-4(5)6(9)11-7/h1-3H2,(H2,9,10,11). The lowest BCUT2D eigenvalue weighted by Gasteiger charge is -2.16. The zero-order valence-corrected chi connectivity index (χ0v) is 7.14. The molecule has 0 amide bonds. The van der Waals surface area contributed by atoms with Gasteiger partial charge >= 0.3 is 0 Å². The van der Waals surface area contributed by atoms with Gasteiger partial charge in [-0.2, -0.15) is 0 Å². The summed E-state index contributed by atoms with van der Waals surface area (Å²) in [5, 5.41) is 0.191. The van der Waals surface area contributed by atoms with Gasteiger partial charge in [0.05, 0.1) is 18.9 Å². The molecule has 1 aliphatic heterocycles. The molecule has 2 heterocycles. The molecule has 0 aliphatic carbocycles. The lowest BCUT2D eigenvalue weighted by atomic mass is 10.1. The fraction of sp³-hybridized carbons (Fsp3) is 0.429. The molecule has 0 aromatic carbocycles. The van der Waals surface area contributed by atoms with E-state index in [4.69, 9.17) is 22.1 Å². The first kappa shape index (κ1) is 7.76. The molecule has 0 saturated carbocycles. The Bertz CT molecular complexity index is 316. The molecule has 2 rings (SSSR count). The van der Waals surface area contributed by atoms with Crippen molar-refractivity contribution in [1.82, 2.24) is 9.97 Å². The molecule has 0 bridgehead atoms. The van der Waals surface area contributed by atoms with Crippen LogP contribution in [-0.2, 0) is 17.8 Å². The van der Waals surface area contributed by atoms with Gasteiger partial charge in [-0.1, -0.05) is 0 Å². The van der Waals surface area contributed by atoms with Gasteiger partial charge in [-0.05, 0) is 11.6 Å². The number of halogens is 1. The van der Waals surface area contributed by atoms with Gasteiger partial charge in [0.25, 0.3) is 0 Å². The Morgan fingerprint density at radius 3 is 3.08 bits per heavy atom. The molecule has 12 heavy (non-hydrogen) atoms. The van der Waals surface area contributed by atoms with Gasteiger partial charge in [0, 0.05) is 12.0 Å². The minimum atomic E-state index is 0.191. The largest absolute Gasteiger partial charge is 0.383 e. The topological polar surface area (TPSA) is 61.0 Å². The second-order valence-electron chi connectivity index (χ2n) is 2.61. The maximum Gasteiger partial charge on any atom is 0.224 e. The summed E-state index contributed by atoms with van der Waals surface area (Å²) in [4.78, 5) is 7.89. The number of anilines is 1. The average molecular weight is 186 g/mol. The summed E-state index contributed by atoms with van der Waals surface area (Å²) >= 11 is 5.62. The number of hydrogen-bond donors (Lipinski definition) is 1. The molecular formula is C7H8ClN3O. The van der Waals surface area contributed by atoms with Crippen molar-refractivity contribution in [2.24, 2.45) is 0 Å². The van der Waals surface area contributed by atoms with E-state index >= 15 is 0 Å². The maximum absolute atomic E-state index is 5.65. The molecule has 0 radical (unpaired) electrons. The zero-order valence-electron chi connectivity index (χ0n) is 6.38. The highest BCUT2D eigenvalue weighted by molar-refractivity contribution is 6.28. The van der Waals surface area contributed by atoms with Crippen molar-refractivity contribution in [3.05, 3.63) is 16.5 Å². The van der Waals surface area contributed by atoms with Crippen LogP contribution < -0.4 is 5.73 Å². The molecule has 4 nitrogen and oxygen atoms in total. The summed E-state index contributed by atoms with van der Waals surface area (Å²) in [6.45, 7) is 1.17. The van der Waals surface area contributed by atoms with Crippen LogP contribution in [0.1, 0.15) is 11.3 Å².